The Morgan fingerprint density at radius 1 is 0.971 bits per heavy atom. The van der Waals surface area contributed by atoms with Crippen LogP contribution in [0.2, 0.25) is 0 Å². The second-order valence-electron chi connectivity index (χ2n) is 9.15. The van der Waals surface area contributed by atoms with E-state index in [4.69, 9.17) is 4.52 Å². The zero-order chi connectivity index (χ0) is 24.4. The molecule has 1 aliphatic rings. The van der Waals surface area contributed by atoms with Crippen LogP contribution in [0, 0.1) is 6.92 Å². The number of nitrogens with one attached hydrogen (secondary N) is 1. The first-order valence-electron chi connectivity index (χ1n) is 11.8. The quantitative estimate of drug-likeness (QED) is 0.310. The molecule has 1 heterocycles. The maximum Gasteiger partial charge on any atom is 0.314 e. The normalized spacial score (nSPS) is 15.0. The van der Waals surface area contributed by atoms with Gasteiger partial charge in [-0.15, -0.1) is 0 Å². The van der Waals surface area contributed by atoms with E-state index in [1.807, 2.05) is 85.8 Å². The number of benzene rings is 3. The van der Waals surface area contributed by atoms with Crippen molar-refractivity contribution in [2.45, 2.75) is 37.8 Å². The number of aliphatic hydroxyl groups excluding tert-OH is 1. The Kier molecular flexibility index (Phi) is 6.24. The Bertz CT molecular complexity index is 1310. The van der Waals surface area contributed by atoms with E-state index in [9.17, 15) is 15.0 Å². The first-order chi connectivity index (χ1) is 17.0. The number of aliphatic hydroxyl groups is 1. The van der Waals surface area contributed by atoms with E-state index in [0.29, 0.717) is 25.1 Å². The molecule has 0 saturated heterocycles. The molecule has 35 heavy (non-hydrogen) atoms. The molecule has 0 radical (unpaired) electrons. The van der Waals surface area contributed by atoms with Crippen LogP contribution in [0.25, 0.3) is 22.5 Å². The maximum absolute atomic E-state index is 11.6. The molecule has 178 valence electrons. The van der Waals surface area contributed by atoms with E-state index < -0.39 is 11.4 Å². The third-order valence-corrected chi connectivity index (χ3v) is 6.91. The summed E-state index contributed by atoms with van der Waals surface area (Å²) >= 11 is 0. The lowest BCUT2D eigenvalue weighted by Gasteiger charge is -2.17. The zero-order valence-corrected chi connectivity index (χ0v) is 19.6. The van der Waals surface area contributed by atoms with E-state index in [1.54, 1.807) is 0 Å². The van der Waals surface area contributed by atoms with Crippen molar-refractivity contribution >= 4 is 5.97 Å². The number of rotatable bonds is 9. The van der Waals surface area contributed by atoms with Crippen molar-refractivity contribution in [1.29, 1.82) is 0 Å². The van der Waals surface area contributed by atoms with Crippen LogP contribution in [0.5, 0.6) is 0 Å². The largest absolute Gasteiger partial charge is 0.481 e. The molecule has 1 aromatic heterocycles. The summed E-state index contributed by atoms with van der Waals surface area (Å²) in [5.41, 5.74) is 5.82. The molecule has 0 bridgehead atoms. The molecule has 0 amide bonds. The number of nitrogens with zero attached hydrogens (tertiary/aromatic N) is 1. The average molecular weight is 469 g/mol. The molecule has 0 spiro atoms. The number of carboxylic acids is 1. The summed E-state index contributed by atoms with van der Waals surface area (Å²) in [6, 6.07) is 25.5. The van der Waals surface area contributed by atoms with Gasteiger partial charge in [-0.2, -0.15) is 0 Å². The van der Waals surface area contributed by atoms with Crippen LogP contribution in [0.1, 0.15) is 41.3 Å². The molecule has 1 saturated carbocycles. The summed E-state index contributed by atoms with van der Waals surface area (Å²) in [5.74, 6) is -0.103. The van der Waals surface area contributed by atoms with Gasteiger partial charge in [0, 0.05) is 17.7 Å². The van der Waals surface area contributed by atoms with Crippen LogP contribution in [-0.4, -0.2) is 27.9 Å². The number of hydrogen-bond donors (Lipinski definition) is 3. The highest BCUT2D eigenvalue weighted by Crippen LogP contribution is 2.48. The van der Waals surface area contributed by atoms with Crippen molar-refractivity contribution < 1.29 is 19.5 Å². The fourth-order valence-electron chi connectivity index (χ4n) is 4.64. The number of hydrogen-bond acceptors (Lipinski definition) is 5. The van der Waals surface area contributed by atoms with Gasteiger partial charge in [-0.05, 0) is 42.0 Å². The van der Waals surface area contributed by atoms with Crippen molar-refractivity contribution in [3.63, 3.8) is 0 Å². The third kappa shape index (κ3) is 4.50. The van der Waals surface area contributed by atoms with Crippen molar-refractivity contribution in [2.75, 3.05) is 6.61 Å². The van der Waals surface area contributed by atoms with Crippen LogP contribution in [0.15, 0.2) is 83.4 Å². The molecule has 4 aromatic rings. The predicted molar refractivity (Wildman–Crippen MR) is 134 cm³/mol. The Morgan fingerprint density at radius 3 is 2.14 bits per heavy atom. The van der Waals surface area contributed by atoms with Gasteiger partial charge in [-0.3, -0.25) is 4.79 Å². The number of aryl methyl sites for hydroxylation is 1. The molecule has 3 aromatic carbocycles. The Balaban J connectivity index is 1.35. The van der Waals surface area contributed by atoms with Gasteiger partial charge in [-0.25, -0.2) is 0 Å². The Morgan fingerprint density at radius 2 is 1.57 bits per heavy atom. The molecular weight excluding hydrogens is 440 g/mol. The molecular formula is C29H28N2O4. The highest BCUT2D eigenvalue weighted by Gasteiger charge is 2.51. The summed E-state index contributed by atoms with van der Waals surface area (Å²) in [6.45, 7) is 2.42. The lowest BCUT2D eigenvalue weighted by molar-refractivity contribution is -0.140. The van der Waals surface area contributed by atoms with Gasteiger partial charge in [-0.1, -0.05) is 84.0 Å². The molecule has 6 nitrogen and oxygen atoms in total. The van der Waals surface area contributed by atoms with Gasteiger partial charge in [0.2, 0.25) is 0 Å². The minimum Gasteiger partial charge on any atom is -0.481 e. The molecule has 3 N–H and O–H groups in total. The third-order valence-electron chi connectivity index (χ3n) is 6.91. The summed E-state index contributed by atoms with van der Waals surface area (Å²) in [7, 11) is 0. The van der Waals surface area contributed by atoms with Crippen molar-refractivity contribution in [3.05, 3.63) is 101 Å². The number of aromatic nitrogens is 1. The van der Waals surface area contributed by atoms with Crippen LogP contribution in [-0.2, 0) is 16.8 Å². The van der Waals surface area contributed by atoms with Crippen molar-refractivity contribution in [2.24, 2.45) is 0 Å². The molecule has 5 rings (SSSR count). The monoisotopic (exact) mass is 468 g/mol. The van der Waals surface area contributed by atoms with Gasteiger partial charge < -0.3 is 20.1 Å². The van der Waals surface area contributed by atoms with Crippen LogP contribution >= 0.6 is 0 Å². The minimum atomic E-state index is -0.743. The highest BCUT2D eigenvalue weighted by molar-refractivity contribution is 5.85. The molecule has 1 unspecified atom stereocenters. The van der Waals surface area contributed by atoms with Gasteiger partial charge in [0.15, 0.2) is 5.76 Å². The molecule has 1 atom stereocenters. The van der Waals surface area contributed by atoms with Gasteiger partial charge in [0.05, 0.1) is 23.8 Å². The summed E-state index contributed by atoms with van der Waals surface area (Å²) in [6.07, 6.45) is 1.40. The second kappa shape index (κ2) is 9.49. The molecule has 0 aliphatic heterocycles. The van der Waals surface area contributed by atoms with Crippen LogP contribution < -0.4 is 5.32 Å². The van der Waals surface area contributed by atoms with Crippen LogP contribution in [0.3, 0.4) is 0 Å². The smallest absolute Gasteiger partial charge is 0.314 e. The predicted octanol–water partition coefficient (Wildman–Crippen LogP) is 5.26. The topological polar surface area (TPSA) is 95.6 Å². The van der Waals surface area contributed by atoms with Crippen molar-refractivity contribution in [1.82, 2.24) is 10.5 Å². The van der Waals surface area contributed by atoms with Crippen molar-refractivity contribution in [3.8, 4) is 22.5 Å². The first-order valence-corrected chi connectivity index (χ1v) is 11.8. The fourth-order valence-corrected chi connectivity index (χ4v) is 4.64. The van der Waals surface area contributed by atoms with E-state index in [0.717, 1.165) is 39.1 Å². The Labute approximate surface area is 204 Å². The van der Waals surface area contributed by atoms with E-state index >= 15 is 0 Å². The Hall–Kier alpha value is -3.74. The second-order valence-corrected chi connectivity index (χ2v) is 9.15. The average Bonchev–Trinajstić information content (AvgIpc) is 3.63. The lowest BCUT2D eigenvalue weighted by Crippen LogP contribution is -2.24. The zero-order valence-electron chi connectivity index (χ0n) is 19.6. The van der Waals surface area contributed by atoms with E-state index in [1.165, 1.54) is 0 Å². The highest BCUT2D eigenvalue weighted by atomic mass is 16.5. The van der Waals surface area contributed by atoms with E-state index in [-0.39, 0.29) is 12.6 Å². The van der Waals surface area contributed by atoms with E-state index in [2.05, 4.69) is 10.5 Å². The van der Waals surface area contributed by atoms with Gasteiger partial charge in [0.1, 0.15) is 0 Å². The lowest BCUT2D eigenvalue weighted by atomic mass is 9.93. The summed E-state index contributed by atoms with van der Waals surface area (Å²) in [4.78, 5) is 11.6. The number of aliphatic carboxylic acids is 1. The van der Waals surface area contributed by atoms with Gasteiger partial charge >= 0.3 is 5.97 Å². The minimum absolute atomic E-state index is 0.0792. The SMILES string of the molecule is Cc1noc(-c2ccc(-c3ccc(C4(C(=O)O)CC4)cc3)cc2)c1C(CO)NCc1ccccc1. The molecule has 1 fully saturated rings. The molecule has 6 heteroatoms. The number of carboxylic acid groups (broad SMARTS) is 1. The summed E-state index contributed by atoms with van der Waals surface area (Å²) < 4.78 is 5.69. The first kappa shape index (κ1) is 23.0. The fraction of sp³-hybridized carbons (Fsp3) is 0.241. The van der Waals surface area contributed by atoms with Gasteiger partial charge in [0.25, 0.3) is 0 Å². The summed E-state index contributed by atoms with van der Waals surface area (Å²) in [5, 5.41) is 27.2. The molecule has 1 aliphatic carbocycles. The number of carbonyl (C=O) groups is 1. The standard InChI is InChI=1S/C29H28N2O4/c1-19-26(25(18-32)30-17-20-5-3-2-4-6-20)27(35-31-19)23-9-7-21(8-10-23)22-11-13-24(14-12-22)29(15-16-29)28(33)34/h2-14,25,30,32H,15-18H2,1H3,(H,33,34). The van der Waals surface area contributed by atoms with Crippen LogP contribution in [0.4, 0.5) is 0 Å². The maximum atomic E-state index is 11.6.